The number of urea groups is 1. The first-order valence-electron chi connectivity index (χ1n) is 9.05. The topological polar surface area (TPSA) is 70.2 Å². The number of amides is 3. The lowest BCUT2D eigenvalue weighted by Gasteiger charge is -2.17. The average molecular weight is 309 g/mol. The molecule has 0 aromatic carbocycles. The summed E-state index contributed by atoms with van der Waals surface area (Å²) < 4.78 is 0. The maximum atomic E-state index is 11.8. The predicted octanol–water partition coefficient (Wildman–Crippen LogP) is 2.70. The molecule has 0 aromatic heterocycles. The van der Waals surface area contributed by atoms with E-state index in [1.165, 1.54) is 51.4 Å². The highest BCUT2D eigenvalue weighted by Crippen LogP contribution is 2.27. The molecule has 2 aliphatic rings. The van der Waals surface area contributed by atoms with E-state index in [1.807, 2.05) is 0 Å². The van der Waals surface area contributed by atoms with Crippen LogP contribution in [-0.4, -0.2) is 31.1 Å². The van der Waals surface area contributed by atoms with Gasteiger partial charge in [-0.25, -0.2) is 4.79 Å². The molecule has 0 saturated heterocycles. The Kier molecular flexibility index (Phi) is 7.54. The van der Waals surface area contributed by atoms with E-state index in [0.29, 0.717) is 31.5 Å². The van der Waals surface area contributed by atoms with Crippen molar-refractivity contribution in [2.24, 2.45) is 5.92 Å². The molecule has 0 aromatic rings. The summed E-state index contributed by atoms with van der Waals surface area (Å²) >= 11 is 0. The van der Waals surface area contributed by atoms with Crippen LogP contribution in [0, 0.1) is 5.92 Å². The molecule has 0 radical (unpaired) electrons. The molecule has 0 unspecified atom stereocenters. The fraction of sp³-hybridized carbons (Fsp3) is 0.882. The lowest BCUT2D eigenvalue weighted by atomic mass is 10.0. The van der Waals surface area contributed by atoms with E-state index < -0.39 is 0 Å². The molecular weight excluding hydrogens is 278 g/mol. The van der Waals surface area contributed by atoms with Crippen LogP contribution in [0.1, 0.15) is 70.6 Å². The SMILES string of the molecule is O=C(CC1CCCC1)NCCNC(=O)NC1CCCCCC1. The Bertz CT molecular complexity index is 346. The van der Waals surface area contributed by atoms with Crippen LogP contribution in [0.25, 0.3) is 0 Å². The van der Waals surface area contributed by atoms with Gasteiger partial charge in [0.25, 0.3) is 0 Å². The Morgan fingerprint density at radius 1 is 0.773 bits per heavy atom. The number of hydrogen-bond acceptors (Lipinski definition) is 2. The van der Waals surface area contributed by atoms with Crippen LogP contribution in [0.5, 0.6) is 0 Å². The summed E-state index contributed by atoms with van der Waals surface area (Å²) in [6, 6.07) is 0.219. The van der Waals surface area contributed by atoms with Crippen LogP contribution in [0.4, 0.5) is 4.79 Å². The van der Waals surface area contributed by atoms with E-state index >= 15 is 0 Å². The highest BCUT2D eigenvalue weighted by atomic mass is 16.2. The third-order valence-electron chi connectivity index (χ3n) is 4.87. The van der Waals surface area contributed by atoms with Gasteiger partial charge < -0.3 is 16.0 Å². The largest absolute Gasteiger partial charge is 0.354 e. The zero-order chi connectivity index (χ0) is 15.6. The monoisotopic (exact) mass is 309 g/mol. The highest BCUT2D eigenvalue weighted by Gasteiger charge is 2.18. The van der Waals surface area contributed by atoms with Crippen molar-refractivity contribution in [2.75, 3.05) is 13.1 Å². The molecule has 3 N–H and O–H groups in total. The van der Waals surface area contributed by atoms with Crippen molar-refractivity contribution in [2.45, 2.75) is 76.7 Å². The summed E-state index contributed by atoms with van der Waals surface area (Å²) in [6.45, 7) is 1.01. The minimum absolute atomic E-state index is 0.100. The Balaban J connectivity index is 1.50. The van der Waals surface area contributed by atoms with Gasteiger partial charge in [-0.05, 0) is 31.6 Å². The predicted molar refractivity (Wildman–Crippen MR) is 87.6 cm³/mol. The maximum absolute atomic E-state index is 11.8. The fourth-order valence-electron chi connectivity index (χ4n) is 3.59. The first kappa shape index (κ1) is 17.1. The molecule has 2 aliphatic carbocycles. The molecule has 5 heteroatoms. The zero-order valence-electron chi connectivity index (χ0n) is 13.7. The summed E-state index contributed by atoms with van der Waals surface area (Å²) in [5, 5.41) is 8.77. The quantitative estimate of drug-likeness (QED) is 0.521. The molecule has 22 heavy (non-hydrogen) atoms. The lowest BCUT2D eigenvalue weighted by Crippen LogP contribution is -2.44. The van der Waals surface area contributed by atoms with Crippen molar-refractivity contribution < 1.29 is 9.59 Å². The van der Waals surface area contributed by atoms with Gasteiger partial charge in [-0.15, -0.1) is 0 Å². The van der Waals surface area contributed by atoms with E-state index in [4.69, 9.17) is 0 Å². The highest BCUT2D eigenvalue weighted by molar-refractivity contribution is 5.76. The smallest absolute Gasteiger partial charge is 0.315 e. The molecule has 126 valence electrons. The minimum Gasteiger partial charge on any atom is -0.354 e. The zero-order valence-corrected chi connectivity index (χ0v) is 13.7. The number of hydrogen-bond donors (Lipinski definition) is 3. The van der Waals surface area contributed by atoms with E-state index in [0.717, 1.165) is 12.8 Å². The number of nitrogens with one attached hydrogen (secondary N) is 3. The van der Waals surface area contributed by atoms with Gasteiger partial charge in [-0.1, -0.05) is 38.5 Å². The van der Waals surface area contributed by atoms with Gasteiger partial charge >= 0.3 is 6.03 Å². The normalized spacial score (nSPS) is 20.4. The van der Waals surface area contributed by atoms with Crippen LogP contribution in [0.3, 0.4) is 0 Å². The van der Waals surface area contributed by atoms with Gasteiger partial charge in [0.2, 0.25) is 5.91 Å². The second kappa shape index (κ2) is 9.70. The van der Waals surface area contributed by atoms with Gasteiger partial charge in [0, 0.05) is 25.6 Å². The second-order valence-electron chi connectivity index (χ2n) is 6.79. The van der Waals surface area contributed by atoms with E-state index in [1.54, 1.807) is 0 Å². The average Bonchev–Trinajstić information content (AvgIpc) is 2.86. The maximum Gasteiger partial charge on any atom is 0.315 e. The van der Waals surface area contributed by atoms with Crippen LogP contribution >= 0.6 is 0 Å². The molecule has 0 aliphatic heterocycles. The molecule has 0 bridgehead atoms. The van der Waals surface area contributed by atoms with Crippen molar-refractivity contribution in [3.8, 4) is 0 Å². The Morgan fingerprint density at radius 2 is 1.36 bits per heavy atom. The molecule has 0 atom stereocenters. The van der Waals surface area contributed by atoms with E-state index in [9.17, 15) is 9.59 Å². The van der Waals surface area contributed by atoms with Crippen LogP contribution < -0.4 is 16.0 Å². The molecule has 2 rings (SSSR count). The van der Waals surface area contributed by atoms with Crippen molar-refractivity contribution in [1.29, 1.82) is 0 Å². The van der Waals surface area contributed by atoms with Crippen LogP contribution in [-0.2, 0) is 4.79 Å². The summed E-state index contributed by atoms with van der Waals surface area (Å²) in [6.07, 6.45) is 12.7. The van der Waals surface area contributed by atoms with E-state index in [-0.39, 0.29) is 11.9 Å². The van der Waals surface area contributed by atoms with Crippen molar-refractivity contribution in [1.82, 2.24) is 16.0 Å². The summed E-state index contributed by atoms with van der Waals surface area (Å²) in [7, 11) is 0. The summed E-state index contributed by atoms with van der Waals surface area (Å²) in [5.41, 5.74) is 0. The third kappa shape index (κ3) is 6.67. The molecule has 5 nitrogen and oxygen atoms in total. The number of carbonyl (C=O) groups excluding carboxylic acids is 2. The van der Waals surface area contributed by atoms with Crippen molar-refractivity contribution in [3.63, 3.8) is 0 Å². The molecule has 3 amide bonds. The minimum atomic E-state index is -0.100. The Morgan fingerprint density at radius 3 is 2.05 bits per heavy atom. The summed E-state index contributed by atoms with van der Waals surface area (Å²) in [5.74, 6) is 0.698. The molecule has 2 fully saturated rings. The second-order valence-corrected chi connectivity index (χ2v) is 6.79. The van der Waals surface area contributed by atoms with Crippen molar-refractivity contribution in [3.05, 3.63) is 0 Å². The molecule has 0 spiro atoms. The first-order valence-corrected chi connectivity index (χ1v) is 9.05. The Hall–Kier alpha value is -1.26. The van der Waals surface area contributed by atoms with Crippen LogP contribution in [0.15, 0.2) is 0 Å². The van der Waals surface area contributed by atoms with Gasteiger partial charge in [0.15, 0.2) is 0 Å². The molecular formula is C17H31N3O2. The van der Waals surface area contributed by atoms with Gasteiger partial charge in [0.1, 0.15) is 0 Å². The standard InChI is InChI=1S/C17H31N3O2/c21-16(13-14-7-5-6-8-14)18-11-12-19-17(22)20-15-9-3-1-2-4-10-15/h14-15H,1-13H2,(H,18,21)(H2,19,20,22). The Labute approximate surface area is 134 Å². The lowest BCUT2D eigenvalue weighted by molar-refractivity contribution is -0.121. The molecule has 0 heterocycles. The van der Waals surface area contributed by atoms with E-state index in [2.05, 4.69) is 16.0 Å². The van der Waals surface area contributed by atoms with Gasteiger partial charge in [-0.2, -0.15) is 0 Å². The fourth-order valence-corrected chi connectivity index (χ4v) is 3.59. The van der Waals surface area contributed by atoms with Crippen molar-refractivity contribution >= 4 is 11.9 Å². The number of rotatable bonds is 6. The van der Waals surface area contributed by atoms with Crippen LogP contribution in [0.2, 0.25) is 0 Å². The molecule has 2 saturated carbocycles. The first-order chi connectivity index (χ1) is 10.7. The number of carbonyl (C=O) groups is 2. The summed E-state index contributed by atoms with van der Waals surface area (Å²) in [4.78, 5) is 23.6. The third-order valence-corrected chi connectivity index (χ3v) is 4.87. The van der Waals surface area contributed by atoms with Gasteiger partial charge in [-0.3, -0.25) is 4.79 Å². The van der Waals surface area contributed by atoms with Gasteiger partial charge in [0.05, 0.1) is 0 Å².